The zero-order valence-electron chi connectivity index (χ0n) is 13.6. The summed E-state index contributed by atoms with van der Waals surface area (Å²) in [5, 5.41) is 9.03. The molecule has 23 heavy (non-hydrogen) atoms. The first-order chi connectivity index (χ1) is 10.6. The SMILES string of the molecule is CC1(C)OB(C(=Cc2cc(C(=O)O)ccc2F)CS)OC1(C)C. The van der Waals surface area contributed by atoms with E-state index >= 15 is 0 Å². The minimum Gasteiger partial charge on any atom is -0.478 e. The van der Waals surface area contributed by atoms with Crippen LogP contribution in [0.15, 0.2) is 23.7 Å². The van der Waals surface area contributed by atoms with Crippen LogP contribution in [0.25, 0.3) is 6.08 Å². The minimum absolute atomic E-state index is 0.0186. The van der Waals surface area contributed by atoms with Crippen LogP contribution in [0.5, 0.6) is 0 Å². The van der Waals surface area contributed by atoms with Crippen LogP contribution in [0.1, 0.15) is 43.6 Å². The molecule has 1 aliphatic heterocycles. The first-order valence-corrected chi connectivity index (χ1v) is 7.90. The van der Waals surface area contributed by atoms with Gasteiger partial charge < -0.3 is 14.4 Å². The van der Waals surface area contributed by atoms with Crippen LogP contribution >= 0.6 is 12.6 Å². The minimum atomic E-state index is -1.11. The number of carbonyl (C=O) groups is 1. The Morgan fingerprint density at radius 1 is 1.30 bits per heavy atom. The predicted molar refractivity (Wildman–Crippen MR) is 91.3 cm³/mol. The molecule has 7 heteroatoms. The summed E-state index contributed by atoms with van der Waals surface area (Å²) in [6, 6.07) is 3.65. The normalized spacial score (nSPS) is 19.9. The van der Waals surface area contributed by atoms with E-state index in [9.17, 15) is 9.18 Å². The maximum absolute atomic E-state index is 14.0. The van der Waals surface area contributed by atoms with Gasteiger partial charge in [0.2, 0.25) is 0 Å². The van der Waals surface area contributed by atoms with Gasteiger partial charge in [-0.25, -0.2) is 9.18 Å². The molecule has 0 spiro atoms. The third-order valence-electron chi connectivity index (χ3n) is 4.32. The fourth-order valence-electron chi connectivity index (χ4n) is 2.17. The van der Waals surface area contributed by atoms with Crippen molar-refractivity contribution >= 4 is 31.8 Å². The molecule has 1 heterocycles. The lowest BCUT2D eigenvalue weighted by atomic mass is 9.78. The van der Waals surface area contributed by atoms with Crippen molar-refractivity contribution in [2.75, 3.05) is 5.75 Å². The monoisotopic (exact) mass is 338 g/mol. The highest BCUT2D eigenvalue weighted by Crippen LogP contribution is 2.39. The molecular weight excluding hydrogens is 318 g/mol. The summed E-state index contributed by atoms with van der Waals surface area (Å²) in [5.74, 6) is -1.32. The zero-order chi connectivity index (χ0) is 17.4. The lowest BCUT2D eigenvalue weighted by Crippen LogP contribution is -2.41. The molecule has 0 saturated carbocycles. The van der Waals surface area contributed by atoms with Crippen LogP contribution in [0.3, 0.4) is 0 Å². The van der Waals surface area contributed by atoms with Crippen molar-refractivity contribution in [3.63, 3.8) is 0 Å². The predicted octanol–water partition coefficient (Wildman–Crippen LogP) is 3.47. The van der Waals surface area contributed by atoms with Crippen molar-refractivity contribution in [3.8, 4) is 0 Å². The van der Waals surface area contributed by atoms with Crippen LogP contribution < -0.4 is 0 Å². The van der Waals surface area contributed by atoms with Crippen molar-refractivity contribution in [1.82, 2.24) is 0 Å². The van der Waals surface area contributed by atoms with E-state index in [1.54, 1.807) is 0 Å². The molecule has 4 nitrogen and oxygen atoms in total. The summed E-state index contributed by atoms with van der Waals surface area (Å²) in [6.07, 6.45) is 1.54. The molecule has 1 saturated heterocycles. The van der Waals surface area contributed by atoms with Crippen molar-refractivity contribution in [1.29, 1.82) is 0 Å². The molecule has 0 bridgehead atoms. The number of carboxylic acid groups (broad SMARTS) is 1. The van der Waals surface area contributed by atoms with Gasteiger partial charge in [-0.15, -0.1) is 0 Å². The largest absolute Gasteiger partial charge is 0.491 e. The Balaban J connectivity index is 2.37. The van der Waals surface area contributed by atoms with Gasteiger partial charge in [-0.05, 0) is 51.4 Å². The Morgan fingerprint density at radius 2 is 1.87 bits per heavy atom. The highest BCUT2D eigenvalue weighted by molar-refractivity contribution is 7.80. The second-order valence-electron chi connectivity index (χ2n) is 6.51. The quantitative estimate of drug-likeness (QED) is 0.652. The second-order valence-corrected chi connectivity index (χ2v) is 6.82. The summed E-state index contributed by atoms with van der Waals surface area (Å²) in [7, 11) is -0.648. The first kappa shape index (κ1) is 18.0. The number of hydrogen-bond acceptors (Lipinski definition) is 4. The van der Waals surface area contributed by atoms with Crippen LogP contribution in [-0.4, -0.2) is 35.1 Å². The van der Waals surface area contributed by atoms with Crippen LogP contribution in [0, 0.1) is 5.82 Å². The molecule has 1 fully saturated rings. The maximum Gasteiger partial charge on any atom is 0.491 e. The molecule has 1 aromatic rings. The molecule has 0 amide bonds. The lowest BCUT2D eigenvalue weighted by molar-refractivity contribution is 0.00578. The highest BCUT2D eigenvalue weighted by atomic mass is 32.1. The van der Waals surface area contributed by atoms with Gasteiger partial charge in [0.25, 0.3) is 0 Å². The third-order valence-corrected chi connectivity index (χ3v) is 4.69. The van der Waals surface area contributed by atoms with E-state index in [1.165, 1.54) is 18.2 Å². The van der Waals surface area contributed by atoms with E-state index in [-0.39, 0.29) is 11.1 Å². The summed E-state index contributed by atoms with van der Waals surface area (Å²) >= 11 is 4.27. The van der Waals surface area contributed by atoms with Gasteiger partial charge in [-0.1, -0.05) is 6.08 Å². The highest BCUT2D eigenvalue weighted by Gasteiger charge is 2.52. The van der Waals surface area contributed by atoms with Crippen LogP contribution in [0.2, 0.25) is 0 Å². The molecule has 124 valence electrons. The molecule has 0 aromatic heterocycles. The van der Waals surface area contributed by atoms with Crippen molar-refractivity contribution in [2.24, 2.45) is 0 Å². The van der Waals surface area contributed by atoms with E-state index < -0.39 is 30.1 Å². The van der Waals surface area contributed by atoms with Gasteiger partial charge in [0, 0.05) is 11.3 Å². The van der Waals surface area contributed by atoms with E-state index in [2.05, 4.69) is 12.6 Å². The molecule has 2 rings (SSSR count). The molecule has 0 atom stereocenters. The molecule has 1 aromatic carbocycles. The average molecular weight is 338 g/mol. The van der Waals surface area contributed by atoms with Gasteiger partial charge in [0.15, 0.2) is 0 Å². The van der Waals surface area contributed by atoms with Crippen LogP contribution in [0.4, 0.5) is 4.39 Å². The number of rotatable bonds is 4. The lowest BCUT2D eigenvalue weighted by Gasteiger charge is -2.32. The summed E-state index contributed by atoms with van der Waals surface area (Å²) in [4.78, 5) is 11.0. The molecule has 1 aliphatic rings. The topological polar surface area (TPSA) is 55.8 Å². The van der Waals surface area contributed by atoms with Gasteiger partial charge in [-0.2, -0.15) is 12.6 Å². The van der Waals surface area contributed by atoms with E-state index in [1.807, 2.05) is 27.7 Å². The molecule has 1 N–H and O–H groups in total. The van der Waals surface area contributed by atoms with Crippen LogP contribution in [-0.2, 0) is 9.31 Å². The number of thiol groups is 1. The molecular formula is C16H20BFO4S. The molecule has 0 unspecified atom stereocenters. The Labute approximate surface area is 141 Å². The second kappa shape index (κ2) is 6.30. The summed E-state index contributed by atoms with van der Waals surface area (Å²) in [5.41, 5.74) is -0.204. The standard InChI is InChI=1S/C16H20BFO4S/c1-15(2)16(3,4)22-17(21-15)12(9-23)8-11-7-10(14(19)20)5-6-13(11)18/h5-8,23H,9H2,1-4H3,(H,19,20). The van der Waals surface area contributed by atoms with Crippen molar-refractivity contribution in [3.05, 3.63) is 40.6 Å². The number of hydrogen-bond donors (Lipinski definition) is 2. The molecule has 0 aliphatic carbocycles. The van der Waals surface area contributed by atoms with Crippen molar-refractivity contribution < 1.29 is 23.6 Å². The van der Waals surface area contributed by atoms with E-state index in [0.29, 0.717) is 11.2 Å². The maximum atomic E-state index is 14.0. The number of halogens is 1. The van der Waals surface area contributed by atoms with Gasteiger partial charge >= 0.3 is 13.1 Å². The third kappa shape index (κ3) is 3.62. The van der Waals surface area contributed by atoms with E-state index in [4.69, 9.17) is 14.4 Å². The smallest absolute Gasteiger partial charge is 0.478 e. The number of aromatic carboxylic acids is 1. The average Bonchev–Trinajstić information content (AvgIpc) is 2.66. The fraction of sp³-hybridized carbons (Fsp3) is 0.438. The van der Waals surface area contributed by atoms with Gasteiger partial charge in [0.1, 0.15) is 5.82 Å². The zero-order valence-corrected chi connectivity index (χ0v) is 14.5. The van der Waals surface area contributed by atoms with Crippen molar-refractivity contribution in [2.45, 2.75) is 38.9 Å². The Morgan fingerprint density at radius 3 is 2.35 bits per heavy atom. The number of benzene rings is 1. The van der Waals surface area contributed by atoms with Gasteiger partial charge in [-0.3, -0.25) is 0 Å². The Hall–Kier alpha value is -1.31. The number of carboxylic acids is 1. The summed E-state index contributed by atoms with van der Waals surface area (Å²) < 4.78 is 25.8. The summed E-state index contributed by atoms with van der Waals surface area (Å²) in [6.45, 7) is 7.70. The van der Waals surface area contributed by atoms with Gasteiger partial charge in [0.05, 0.1) is 16.8 Å². The first-order valence-electron chi connectivity index (χ1n) is 7.27. The fourth-order valence-corrected chi connectivity index (χ4v) is 2.41. The Kier molecular flexibility index (Phi) is 4.94. The van der Waals surface area contributed by atoms with E-state index in [0.717, 1.165) is 6.07 Å². The Bertz CT molecular complexity index is 641. The molecule has 0 radical (unpaired) electrons.